The SMILES string of the molecule is CSc1cccc(-n2nnc(CO)c2-c2ccccc2)c1. The van der Waals surface area contributed by atoms with E-state index in [0.717, 1.165) is 21.8 Å². The van der Waals surface area contributed by atoms with Crippen molar-refractivity contribution in [1.29, 1.82) is 0 Å². The van der Waals surface area contributed by atoms with E-state index >= 15 is 0 Å². The Morgan fingerprint density at radius 1 is 1.10 bits per heavy atom. The van der Waals surface area contributed by atoms with E-state index < -0.39 is 0 Å². The molecule has 3 rings (SSSR count). The molecular formula is C16H15N3OS. The molecule has 2 aromatic carbocycles. The van der Waals surface area contributed by atoms with Crippen molar-refractivity contribution in [3.05, 3.63) is 60.3 Å². The lowest BCUT2D eigenvalue weighted by Crippen LogP contribution is -2.00. The second-order valence-electron chi connectivity index (χ2n) is 4.52. The fraction of sp³-hybridized carbons (Fsp3) is 0.125. The van der Waals surface area contributed by atoms with Crippen LogP contribution in [0, 0.1) is 0 Å². The summed E-state index contributed by atoms with van der Waals surface area (Å²) in [7, 11) is 0. The summed E-state index contributed by atoms with van der Waals surface area (Å²) < 4.78 is 1.78. The average Bonchev–Trinajstić information content (AvgIpc) is 2.99. The van der Waals surface area contributed by atoms with Gasteiger partial charge in [0.1, 0.15) is 11.4 Å². The van der Waals surface area contributed by atoms with Gasteiger partial charge in [-0.3, -0.25) is 0 Å². The minimum atomic E-state index is -0.132. The molecule has 1 heterocycles. The van der Waals surface area contributed by atoms with Crippen LogP contribution in [0.4, 0.5) is 0 Å². The highest BCUT2D eigenvalue weighted by Crippen LogP contribution is 2.26. The Balaban J connectivity index is 2.17. The van der Waals surface area contributed by atoms with Crippen molar-refractivity contribution in [1.82, 2.24) is 15.0 Å². The molecule has 1 aromatic heterocycles. The van der Waals surface area contributed by atoms with Crippen LogP contribution in [0.3, 0.4) is 0 Å². The molecule has 0 amide bonds. The highest BCUT2D eigenvalue weighted by molar-refractivity contribution is 7.98. The van der Waals surface area contributed by atoms with Crippen LogP contribution in [0.5, 0.6) is 0 Å². The number of aliphatic hydroxyl groups is 1. The largest absolute Gasteiger partial charge is 0.390 e. The van der Waals surface area contributed by atoms with Crippen LogP contribution in [-0.4, -0.2) is 26.4 Å². The molecular weight excluding hydrogens is 282 g/mol. The zero-order valence-corrected chi connectivity index (χ0v) is 12.4. The maximum absolute atomic E-state index is 9.52. The zero-order chi connectivity index (χ0) is 14.7. The standard InChI is InChI=1S/C16H15N3OS/c1-21-14-9-5-8-13(10-14)19-16(15(11-20)17-18-19)12-6-3-2-4-7-12/h2-10,20H,11H2,1H3. The molecule has 0 radical (unpaired) electrons. The smallest absolute Gasteiger partial charge is 0.117 e. The second-order valence-corrected chi connectivity index (χ2v) is 5.40. The Hall–Kier alpha value is -2.11. The van der Waals surface area contributed by atoms with Crippen LogP contribution in [0.2, 0.25) is 0 Å². The lowest BCUT2D eigenvalue weighted by atomic mass is 10.1. The molecule has 5 heteroatoms. The van der Waals surface area contributed by atoms with Crippen molar-refractivity contribution < 1.29 is 5.11 Å². The number of nitrogens with zero attached hydrogens (tertiary/aromatic N) is 3. The van der Waals surface area contributed by atoms with Gasteiger partial charge in [-0.25, -0.2) is 4.68 Å². The lowest BCUT2D eigenvalue weighted by Gasteiger charge is -2.08. The first-order valence-corrected chi connectivity index (χ1v) is 7.81. The minimum absolute atomic E-state index is 0.132. The number of aliphatic hydroxyl groups excluding tert-OH is 1. The topological polar surface area (TPSA) is 50.9 Å². The molecule has 106 valence electrons. The van der Waals surface area contributed by atoms with Crippen LogP contribution in [0.25, 0.3) is 16.9 Å². The van der Waals surface area contributed by atoms with Crippen molar-refractivity contribution in [2.75, 3.05) is 6.26 Å². The Morgan fingerprint density at radius 2 is 1.90 bits per heavy atom. The van der Waals surface area contributed by atoms with Crippen LogP contribution in [-0.2, 0) is 6.61 Å². The highest BCUT2D eigenvalue weighted by Gasteiger charge is 2.15. The molecule has 0 saturated heterocycles. The Labute approximate surface area is 127 Å². The van der Waals surface area contributed by atoms with Crippen LogP contribution in [0.15, 0.2) is 59.5 Å². The van der Waals surface area contributed by atoms with E-state index in [0.29, 0.717) is 5.69 Å². The van der Waals surface area contributed by atoms with Crippen molar-refractivity contribution in [2.24, 2.45) is 0 Å². The third kappa shape index (κ3) is 2.70. The van der Waals surface area contributed by atoms with E-state index in [2.05, 4.69) is 22.4 Å². The summed E-state index contributed by atoms with van der Waals surface area (Å²) in [5.41, 5.74) is 3.33. The number of aromatic nitrogens is 3. The maximum atomic E-state index is 9.52. The third-order valence-electron chi connectivity index (χ3n) is 3.23. The fourth-order valence-electron chi connectivity index (χ4n) is 2.23. The first kappa shape index (κ1) is 13.9. The summed E-state index contributed by atoms with van der Waals surface area (Å²) in [5.74, 6) is 0. The number of benzene rings is 2. The molecule has 0 aliphatic heterocycles. The van der Waals surface area contributed by atoms with Gasteiger partial charge in [0.05, 0.1) is 12.3 Å². The number of thioether (sulfide) groups is 1. The predicted octanol–water partition coefficient (Wildman–Crippen LogP) is 3.15. The molecule has 3 aromatic rings. The Bertz CT molecular complexity index is 740. The van der Waals surface area contributed by atoms with Gasteiger partial charge in [0.25, 0.3) is 0 Å². The van der Waals surface area contributed by atoms with Crippen LogP contribution < -0.4 is 0 Å². The highest BCUT2D eigenvalue weighted by atomic mass is 32.2. The molecule has 0 aliphatic rings. The van der Waals surface area contributed by atoms with E-state index in [1.807, 2.05) is 48.7 Å². The minimum Gasteiger partial charge on any atom is -0.390 e. The number of hydrogen-bond donors (Lipinski definition) is 1. The average molecular weight is 297 g/mol. The molecule has 0 fully saturated rings. The first-order chi connectivity index (χ1) is 10.3. The van der Waals surface area contributed by atoms with E-state index in [9.17, 15) is 5.11 Å². The second kappa shape index (κ2) is 6.11. The summed E-state index contributed by atoms with van der Waals surface area (Å²) >= 11 is 1.68. The van der Waals surface area contributed by atoms with Gasteiger partial charge in [-0.2, -0.15) is 0 Å². The van der Waals surface area contributed by atoms with Crippen LogP contribution >= 0.6 is 11.8 Å². The fourth-order valence-corrected chi connectivity index (χ4v) is 2.68. The first-order valence-electron chi connectivity index (χ1n) is 6.59. The van der Waals surface area contributed by atoms with Gasteiger partial charge in [-0.05, 0) is 24.5 Å². The van der Waals surface area contributed by atoms with Gasteiger partial charge in [-0.1, -0.05) is 41.6 Å². The van der Waals surface area contributed by atoms with Crippen molar-refractivity contribution in [3.8, 4) is 16.9 Å². The number of hydrogen-bond acceptors (Lipinski definition) is 4. The van der Waals surface area contributed by atoms with Crippen molar-refractivity contribution >= 4 is 11.8 Å². The lowest BCUT2D eigenvalue weighted by molar-refractivity contribution is 0.277. The van der Waals surface area contributed by atoms with Crippen LogP contribution in [0.1, 0.15) is 5.69 Å². The molecule has 1 N–H and O–H groups in total. The van der Waals surface area contributed by atoms with Gasteiger partial charge in [0, 0.05) is 10.5 Å². The number of rotatable bonds is 4. The van der Waals surface area contributed by atoms with Crippen molar-refractivity contribution in [3.63, 3.8) is 0 Å². The predicted molar refractivity (Wildman–Crippen MR) is 84.5 cm³/mol. The van der Waals surface area contributed by atoms with E-state index in [1.165, 1.54) is 0 Å². The van der Waals surface area contributed by atoms with E-state index in [4.69, 9.17) is 0 Å². The monoisotopic (exact) mass is 297 g/mol. The molecule has 0 bridgehead atoms. The molecule has 0 unspecified atom stereocenters. The molecule has 0 saturated carbocycles. The summed E-state index contributed by atoms with van der Waals surface area (Å²) in [6.07, 6.45) is 2.04. The van der Waals surface area contributed by atoms with E-state index in [1.54, 1.807) is 16.4 Å². The van der Waals surface area contributed by atoms with Gasteiger partial charge in [0.2, 0.25) is 0 Å². The van der Waals surface area contributed by atoms with Gasteiger partial charge in [-0.15, -0.1) is 16.9 Å². The molecule has 0 atom stereocenters. The summed E-state index contributed by atoms with van der Waals surface area (Å²) in [6, 6.07) is 18.0. The van der Waals surface area contributed by atoms with Gasteiger partial charge < -0.3 is 5.11 Å². The molecule has 0 spiro atoms. The van der Waals surface area contributed by atoms with E-state index in [-0.39, 0.29) is 6.61 Å². The molecule has 0 aliphatic carbocycles. The van der Waals surface area contributed by atoms with Crippen molar-refractivity contribution in [2.45, 2.75) is 11.5 Å². The zero-order valence-electron chi connectivity index (χ0n) is 11.6. The maximum Gasteiger partial charge on any atom is 0.117 e. The van der Waals surface area contributed by atoms with Gasteiger partial charge in [0.15, 0.2) is 0 Å². The van der Waals surface area contributed by atoms with Gasteiger partial charge >= 0.3 is 0 Å². The normalized spacial score (nSPS) is 10.8. The Morgan fingerprint density at radius 3 is 2.62 bits per heavy atom. The summed E-state index contributed by atoms with van der Waals surface area (Å²) in [4.78, 5) is 1.16. The summed E-state index contributed by atoms with van der Waals surface area (Å²) in [6.45, 7) is -0.132. The quantitative estimate of drug-likeness (QED) is 0.752. The molecule has 21 heavy (non-hydrogen) atoms. The molecule has 4 nitrogen and oxygen atoms in total. The Kier molecular flexibility index (Phi) is 4.03. The third-order valence-corrected chi connectivity index (χ3v) is 3.96. The summed E-state index contributed by atoms with van der Waals surface area (Å²) in [5, 5.41) is 17.8.